The normalized spacial score (nSPS) is 12.0. The fourth-order valence-electron chi connectivity index (χ4n) is 4.32. The number of ether oxygens (including phenoxy) is 1. The van der Waals surface area contributed by atoms with Gasteiger partial charge in [-0.15, -0.1) is 0 Å². The Hall–Kier alpha value is -3.37. The van der Waals surface area contributed by atoms with Crippen LogP contribution in [0.5, 0.6) is 6.01 Å². The van der Waals surface area contributed by atoms with Gasteiger partial charge in [0.1, 0.15) is 5.82 Å². The van der Waals surface area contributed by atoms with E-state index in [9.17, 15) is 19.8 Å². The predicted octanol–water partition coefficient (Wildman–Crippen LogP) is 4.54. The summed E-state index contributed by atoms with van der Waals surface area (Å²) in [4.78, 5) is 28.8. The highest BCUT2D eigenvalue weighted by atomic mass is 32.1. The molecule has 0 spiro atoms. The Morgan fingerprint density at radius 1 is 1.21 bits per heavy atom. The van der Waals surface area contributed by atoms with Crippen molar-refractivity contribution in [2.24, 2.45) is 11.8 Å². The van der Waals surface area contributed by atoms with E-state index in [1.54, 1.807) is 41.8 Å². The minimum absolute atomic E-state index is 0.0300. The number of rotatable bonds is 13. The van der Waals surface area contributed by atoms with E-state index in [0.717, 1.165) is 0 Å². The molecule has 0 saturated carbocycles. The number of hydrogen-bond acceptors (Lipinski definition) is 6. The number of aromatic carboxylic acids is 1. The third-order valence-electron chi connectivity index (χ3n) is 6.17. The second kappa shape index (κ2) is 13.4. The molecule has 0 aliphatic heterocycles. The number of aromatic nitrogens is 2. The first kappa shape index (κ1) is 29.2. The van der Waals surface area contributed by atoms with Crippen LogP contribution in [-0.2, 0) is 24.5 Å². The van der Waals surface area contributed by atoms with E-state index in [-0.39, 0.29) is 43.1 Å². The van der Waals surface area contributed by atoms with Crippen molar-refractivity contribution in [1.82, 2.24) is 14.9 Å². The second-order valence-corrected chi connectivity index (χ2v) is 9.71. The average Bonchev–Trinajstić information content (AvgIpc) is 3.22. The van der Waals surface area contributed by atoms with Crippen LogP contribution in [0.15, 0.2) is 42.5 Å². The Labute approximate surface area is 227 Å². The Morgan fingerprint density at radius 3 is 2.55 bits per heavy atom. The summed E-state index contributed by atoms with van der Waals surface area (Å²) in [6.07, 6.45) is 0.689. The molecule has 0 saturated heterocycles. The van der Waals surface area contributed by atoms with Gasteiger partial charge in [-0.3, -0.25) is 9.36 Å². The summed E-state index contributed by atoms with van der Waals surface area (Å²) in [5.74, 6) is -1.32. The predicted molar refractivity (Wildman–Crippen MR) is 146 cm³/mol. The molecule has 0 unspecified atom stereocenters. The molecule has 0 aliphatic rings. The standard InChI is InChI=1S/C28H34FN3O5S/c1-4-37-28-31-24(15-33)25(13-30-26(34)20(16-38)11-17(2)3)32(28)14-19-10-9-18(12-23(19)29)21-7-5-6-8-22(21)27(35)36/h5-10,12,17,20,33,38H,4,11,13-16H2,1-3H3,(H,30,34)(H,35,36)/t20-/m1/s1. The van der Waals surface area contributed by atoms with E-state index >= 15 is 4.39 Å². The monoisotopic (exact) mass is 543 g/mol. The summed E-state index contributed by atoms with van der Waals surface area (Å²) in [5, 5.41) is 22.3. The molecule has 0 aliphatic carbocycles. The number of amides is 1. The zero-order valence-corrected chi connectivity index (χ0v) is 22.7. The van der Waals surface area contributed by atoms with Gasteiger partial charge in [-0.05, 0) is 42.5 Å². The topological polar surface area (TPSA) is 114 Å². The fourth-order valence-corrected chi connectivity index (χ4v) is 4.64. The number of aliphatic hydroxyl groups is 1. The minimum Gasteiger partial charge on any atom is -0.478 e. The highest BCUT2D eigenvalue weighted by molar-refractivity contribution is 7.80. The Bertz CT molecular complexity index is 1280. The van der Waals surface area contributed by atoms with Crippen molar-refractivity contribution in [3.8, 4) is 17.1 Å². The average molecular weight is 544 g/mol. The Balaban J connectivity index is 1.93. The maximum Gasteiger partial charge on any atom is 0.336 e. The van der Waals surface area contributed by atoms with E-state index < -0.39 is 11.8 Å². The van der Waals surface area contributed by atoms with Crippen LogP contribution in [0.2, 0.25) is 0 Å². The van der Waals surface area contributed by atoms with Gasteiger partial charge in [-0.1, -0.05) is 44.2 Å². The Kier molecular flexibility index (Phi) is 10.3. The summed E-state index contributed by atoms with van der Waals surface area (Å²) in [7, 11) is 0. The highest BCUT2D eigenvalue weighted by Crippen LogP contribution is 2.28. The largest absolute Gasteiger partial charge is 0.478 e. The van der Waals surface area contributed by atoms with Crippen LogP contribution in [0.4, 0.5) is 4.39 Å². The summed E-state index contributed by atoms with van der Waals surface area (Å²) < 4.78 is 22.6. The van der Waals surface area contributed by atoms with Gasteiger partial charge >= 0.3 is 5.97 Å². The lowest BCUT2D eigenvalue weighted by Crippen LogP contribution is -2.33. The summed E-state index contributed by atoms with van der Waals surface area (Å²) >= 11 is 4.32. The number of halogens is 1. The van der Waals surface area contributed by atoms with Gasteiger partial charge in [-0.2, -0.15) is 17.6 Å². The van der Waals surface area contributed by atoms with Crippen LogP contribution >= 0.6 is 12.6 Å². The van der Waals surface area contributed by atoms with Crippen molar-refractivity contribution in [2.75, 3.05) is 12.4 Å². The lowest BCUT2D eigenvalue weighted by Gasteiger charge is -2.18. The molecule has 1 heterocycles. The Morgan fingerprint density at radius 2 is 1.95 bits per heavy atom. The molecule has 0 bridgehead atoms. The molecule has 3 rings (SSSR count). The quantitative estimate of drug-likeness (QED) is 0.236. The molecular formula is C28H34FN3O5S. The number of nitrogens with one attached hydrogen (secondary N) is 1. The van der Waals surface area contributed by atoms with Crippen LogP contribution in [0.1, 0.15) is 54.5 Å². The molecule has 3 aromatic rings. The minimum atomic E-state index is -1.10. The van der Waals surface area contributed by atoms with Gasteiger partial charge in [0.25, 0.3) is 6.01 Å². The molecule has 1 atom stereocenters. The number of thiol groups is 1. The lowest BCUT2D eigenvalue weighted by atomic mass is 9.98. The first-order valence-electron chi connectivity index (χ1n) is 12.5. The van der Waals surface area contributed by atoms with Crippen LogP contribution < -0.4 is 10.1 Å². The van der Waals surface area contributed by atoms with Gasteiger partial charge in [0.05, 0.1) is 43.3 Å². The maximum atomic E-state index is 15.3. The number of benzene rings is 2. The zero-order valence-electron chi connectivity index (χ0n) is 21.8. The highest BCUT2D eigenvalue weighted by Gasteiger charge is 2.23. The number of nitrogens with zero attached hydrogens (tertiary/aromatic N) is 2. The first-order valence-corrected chi connectivity index (χ1v) is 13.1. The number of aliphatic hydroxyl groups excluding tert-OH is 1. The van der Waals surface area contributed by atoms with Crippen molar-refractivity contribution in [3.63, 3.8) is 0 Å². The zero-order chi connectivity index (χ0) is 27.8. The lowest BCUT2D eigenvalue weighted by molar-refractivity contribution is -0.125. The van der Waals surface area contributed by atoms with E-state index in [2.05, 4.69) is 22.9 Å². The van der Waals surface area contributed by atoms with Crippen LogP contribution in [0.25, 0.3) is 11.1 Å². The second-order valence-electron chi connectivity index (χ2n) is 9.35. The number of carbonyl (C=O) groups excluding carboxylic acids is 1. The molecule has 1 amide bonds. The SMILES string of the molecule is CCOc1nc(CO)c(CNC(=O)[C@@H](CS)CC(C)C)n1Cc1ccc(-c2ccccc2C(=O)O)cc1F. The van der Waals surface area contributed by atoms with Gasteiger partial charge in [0.2, 0.25) is 5.91 Å². The number of imidazole rings is 1. The molecule has 0 fully saturated rings. The molecule has 38 heavy (non-hydrogen) atoms. The smallest absolute Gasteiger partial charge is 0.336 e. The summed E-state index contributed by atoms with van der Waals surface area (Å²) in [6, 6.07) is 11.2. The third kappa shape index (κ3) is 6.93. The van der Waals surface area contributed by atoms with Gasteiger partial charge in [0, 0.05) is 17.2 Å². The van der Waals surface area contributed by atoms with Crippen LogP contribution in [0, 0.1) is 17.7 Å². The van der Waals surface area contributed by atoms with Crippen molar-refractivity contribution in [3.05, 3.63) is 70.8 Å². The molecule has 2 aromatic carbocycles. The van der Waals surface area contributed by atoms with Gasteiger partial charge in [0.15, 0.2) is 0 Å². The third-order valence-corrected chi connectivity index (χ3v) is 6.61. The molecular weight excluding hydrogens is 509 g/mol. The number of carbonyl (C=O) groups is 2. The van der Waals surface area contributed by atoms with Crippen molar-refractivity contribution in [1.29, 1.82) is 0 Å². The molecule has 204 valence electrons. The van der Waals surface area contributed by atoms with E-state index in [1.165, 1.54) is 12.1 Å². The van der Waals surface area contributed by atoms with Gasteiger partial charge in [-0.25, -0.2) is 9.18 Å². The summed E-state index contributed by atoms with van der Waals surface area (Å²) in [5.41, 5.74) is 2.07. The number of carboxylic acids is 1. The number of hydrogen-bond donors (Lipinski definition) is 4. The summed E-state index contributed by atoms with van der Waals surface area (Å²) in [6.45, 7) is 5.89. The van der Waals surface area contributed by atoms with Crippen LogP contribution in [-0.4, -0.2) is 44.0 Å². The van der Waals surface area contributed by atoms with Crippen molar-refractivity contribution >= 4 is 24.5 Å². The van der Waals surface area contributed by atoms with Crippen LogP contribution in [0.3, 0.4) is 0 Å². The molecule has 8 nitrogen and oxygen atoms in total. The van der Waals surface area contributed by atoms with Crippen molar-refractivity contribution < 1.29 is 28.9 Å². The number of carboxylic acid groups (broad SMARTS) is 1. The molecule has 1 aromatic heterocycles. The van der Waals surface area contributed by atoms with E-state index in [1.807, 2.05) is 13.8 Å². The van der Waals surface area contributed by atoms with Crippen molar-refractivity contribution in [2.45, 2.75) is 46.9 Å². The van der Waals surface area contributed by atoms with E-state index in [0.29, 0.717) is 52.8 Å². The maximum absolute atomic E-state index is 15.3. The van der Waals surface area contributed by atoms with E-state index in [4.69, 9.17) is 4.74 Å². The molecule has 3 N–H and O–H groups in total. The molecule has 10 heteroatoms. The molecule has 0 radical (unpaired) electrons. The first-order chi connectivity index (χ1) is 18.2. The van der Waals surface area contributed by atoms with Gasteiger partial charge < -0.3 is 20.3 Å². The fraction of sp³-hybridized carbons (Fsp3) is 0.393.